The molecule has 6 heteroatoms. The summed E-state index contributed by atoms with van der Waals surface area (Å²) in [5, 5.41) is 8.45. The van der Waals surface area contributed by atoms with E-state index in [2.05, 4.69) is 4.72 Å². The zero-order valence-electron chi connectivity index (χ0n) is 8.94. The first-order valence-electron chi connectivity index (χ1n) is 5.20. The van der Waals surface area contributed by atoms with E-state index in [9.17, 15) is 8.42 Å². The molecule has 0 bridgehead atoms. The lowest BCUT2D eigenvalue weighted by Crippen LogP contribution is -2.46. The van der Waals surface area contributed by atoms with Gasteiger partial charge in [-0.15, -0.1) is 0 Å². The maximum absolute atomic E-state index is 11.8. The van der Waals surface area contributed by atoms with Gasteiger partial charge in [-0.2, -0.15) is 22.7 Å². The summed E-state index contributed by atoms with van der Waals surface area (Å²) in [5.41, 5.74) is 0. The average molecular weight is 231 g/mol. The molecule has 1 atom stereocenters. The van der Waals surface area contributed by atoms with E-state index < -0.39 is 10.2 Å². The molecule has 0 aromatic carbocycles. The van der Waals surface area contributed by atoms with Crippen LogP contribution >= 0.6 is 0 Å². The summed E-state index contributed by atoms with van der Waals surface area (Å²) >= 11 is 0. The molecule has 1 unspecified atom stereocenters. The van der Waals surface area contributed by atoms with Gasteiger partial charge in [0.1, 0.15) is 0 Å². The molecule has 1 aliphatic heterocycles. The Morgan fingerprint density at radius 2 is 2.00 bits per heavy atom. The summed E-state index contributed by atoms with van der Waals surface area (Å²) in [6.45, 7) is 2.88. The predicted octanol–water partition coefficient (Wildman–Crippen LogP) is 0.609. The van der Waals surface area contributed by atoms with E-state index in [1.165, 1.54) is 4.31 Å². The van der Waals surface area contributed by atoms with Crippen LogP contribution in [0.3, 0.4) is 0 Å². The molecule has 0 aromatic rings. The second kappa shape index (κ2) is 5.45. The van der Waals surface area contributed by atoms with Crippen LogP contribution in [-0.2, 0) is 10.2 Å². The molecule has 1 heterocycles. The lowest BCUT2D eigenvalue weighted by Gasteiger charge is -2.27. The fourth-order valence-corrected chi connectivity index (χ4v) is 3.09. The number of nitriles is 1. The van der Waals surface area contributed by atoms with E-state index in [-0.39, 0.29) is 12.5 Å². The highest BCUT2D eigenvalue weighted by Gasteiger charge is 2.24. The molecule has 1 fully saturated rings. The Balaban J connectivity index is 2.54. The van der Waals surface area contributed by atoms with Gasteiger partial charge in [-0.05, 0) is 19.8 Å². The summed E-state index contributed by atoms with van der Waals surface area (Å²) in [7, 11) is -3.37. The van der Waals surface area contributed by atoms with Gasteiger partial charge < -0.3 is 0 Å². The molecular formula is C9H17N3O2S. The number of nitrogens with zero attached hydrogens (tertiary/aromatic N) is 2. The molecule has 0 aliphatic carbocycles. The van der Waals surface area contributed by atoms with Crippen LogP contribution in [0.15, 0.2) is 0 Å². The second-order valence-corrected chi connectivity index (χ2v) is 5.55. The number of piperidine rings is 1. The maximum atomic E-state index is 11.8. The van der Waals surface area contributed by atoms with Crippen LogP contribution in [0.2, 0.25) is 0 Å². The van der Waals surface area contributed by atoms with Crippen LogP contribution in [-0.4, -0.2) is 31.9 Å². The maximum Gasteiger partial charge on any atom is 0.279 e. The third-order valence-corrected chi connectivity index (χ3v) is 4.15. The highest BCUT2D eigenvalue weighted by molar-refractivity contribution is 7.87. The first kappa shape index (κ1) is 12.4. The van der Waals surface area contributed by atoms with Crippen molar-refractivity contribution < 1.29 is 8.42 Å². The highest BCUT2D eigenvalue weighted by atomic mass is 32.2. The Kier molecular flexibility index (Phi) is 4.51. The monoisotopic (exact) mass is 231 g/mol. The first-order chi connectivity index (χ1) is 7.06. The van der Waals surface area contributed by atoms with Gasteiger partial charge in [0, 0.05) is 19.1 Å². The number of hydrogen-bond donors (Lipinski definition) is 1. The second-order valence-electron chi connectivity index (χ2n) is 3.85. The molecule has 1 rings (SSSR count). The van der Waals surface area contributed by atoms with Gasteiger partial charge in [0.15, 0.2) is 0 Å². The van der Waals surface area contributed by atoms with E-state index in [1.54, 1.807) is 6.92 Å². The van der Waals surface area contributed by atoms with Crippen LogP contribution in [0.1, 0.15) is 32.6 Å². The Hall–Kier alpha value is -0.640. The molecule has 0 saturated carbocycles. The Morgan fingerprint density at radius 3 is 2.53 bits per heavy atom. The minimum Gasteiger partial charge on any atom is -0.198 e. The van der Waals surface area contributed by atoms with Gasteiger partial charge in [-0.3, -0.25) is 0 Å². The molecule has 1 N–H and O–H groups in total. The van der Waals surface area contributed by atoms with Crippen molar-refractivity contribution in [2.75, 3.05) is 13.1 Å². The molecule has 0 spiro atoms. The van der Waals surface area contributed by atoms with Gasteiger partial charge in [0.25, 0.3) is 10.2 Å². The van der Waals surface area contributed by atoms with Crippen LogP contribution in [0.5, 0.6) is 0 Å². The van der Waals surface area contributed by atoms with Crippen LogP contribution in [0.25, 0.3) is 0 Å². The number of rotatable bonds is 4. The molecule has 0 radical (unpaired) electrons. The Labute approximate surface area is 91.3 Å². The normalized spacial score (nSPS) is 20.8. The summed E-state index contributed by atoms with van der Waals surface area (Å²) in [4.78, 5) is 0. The molecule has 1 aliphatic rings. The van der Waals surface area contributed by atoms with Gasteiger partial charge in [-0.1, -0.05) is 6.42 Å². The standard InChI is InChI=1S/C9H17N3O2S/c1-9(5-6-10)11-15(13,14)12-7-3-2-4-8-12/h9,11H,2-5,7-8H2,1H3. The SMILES string of the molecule is CC(CC#N)NS(=O)(=O)N1CCCCC1. The number of hydrogen-bond acceptors (Lipinski definition) is 3. The molecule has 86 valence electrons. The fraction of sp³-hybridized carbons (Fsp3) is 0.889. The Morgan fingerprint density at radius 1 is 1.40 bits per heavy atom. The predicted molar refractivity (Wildman–Crippen MR) is 57.2 cm³/mol. The van der Waals surface area contributed by atoms with E-state index >= 15 is 0 Å². The summed E-state index contributed by atoms with van der Waals surface area (Å²) in [6, 6.07) is 1.63. The molecule has 1 saturated heterocycles. The lowest BCUT2D eigenvalue weighted by molar-refractivity contribution is 0.339. The van der Waals surface area contributed by atoms with Crippen molar-refractivity contribution in [3.8, 4) is 6.07 Å². The first-order valence-corrected chi connectivity index (χ1v) is 6.64. The van der Waals surface area contributed by atoms with Crippen LogP contribution in [0.4, 0.5) is 0 Å². The topological polar surface area (TPSA) is 73.2 Å². The number of nitrogens with one attached hydrogen (secondary N) is 1. The van der Waals surface area contributed by atoms with Crippen molar-refractivity contribution in [1.29, 1.82) is 5.26 Å². The van der Waals surface area contributed by atoms with Crippen molar-refractivity contribution in [3.63, 3.8) is 0 Å². The van der Waals surface area contributed by atoms with E-state index in [4.69, 9.17) is 5.26 Å². The van der Waals surface area contributed by atoms with Crippen molar-refractivity contribution in [1.82, 2.24) is 9.03 Å². The zero-order chi connectivity index (χ0) is 11.3. The summed E-state index contributed by atoms with van der Waals surface area (Å²) in [6.07, 6.45) is 3.15. The van der Waals surface area contributed by atoms with Gasteiger partial charge in [0.2, 0.25) is 0 Å². The molecule has 0 amide bonds. The lowest BCUT2D eigenvalue weighted by atomic mass is 10.2. The quantitative estimate of drug-likeness (QED) is 0.770. The fourth-order valence-electron chi connectivity index (χ4n) is 1.61. The van der Waals surface area contributed by atoms with Crippen molar-refractivity contribution in [2.24, 2.45) is 0 Å². The Bertz CT molecular complexity index is 328. The van der Waals surface area contributed by atoms with Crippen molar-refractivity contribution >= 4 is 10.2 Å². The van der Waals surface area contributed by atoms with E-state index in [0.717, 1.165) is 19.3 Å². The molecule has 5 nitrogen and oxygen atoms in total. The van der Waals surface area contributed by atoms with Crippen LogP contribution < -0.4 is 4.72 Å². The summed E-state index contributed by atoms with van der Waals surface area (Å²) in [5.74, 6) is 0. The minimum absolute atomic E-state index is 0.201. The highest BCUT2D eigenvalue weighted by Crippen LogP contribution is 2.12. The average Bonchev–Trinajstić information content (AvgIpc) is 2.18. The smallest absolute Gasteiger partial charge is 0.198 e. The summed E-state index contributed by atoms with van der Waals surface area (Å²) < 4.78 is 27.5. The van der Waals surface area contributed by atoms with Crippen molar-refractivity contribution in [2.45, 2.75) is 38.6 Å². The molecule has 15 heavy (non-hydrogen) atoms. The minimum atomic E-state index is -3.37. The molecule has 0 aromatic heterocycles. The van der Waals surface area contributed by atoms with Gasteiger partial charge in [-0.25, -0.2) is 0 Å². The van der Waals surface area contributed by atoms with Gasteiger partial charge in [0.05, 0.1) is 12.5 Å². The zero-order valence-corrected chi connectivity index (χ0v) is 9.76. The van der Waals surface area contributed by atoms with Gasteiger partial charge >= 0.3 is 0 Å². The third-order valence-electron chi connectivity index (χ3n) is 2.40. The third kappa shape index (κ3) is 3.78. The molecular weight excluding hydrogens is 214 g/mol. The van der Waals surface area contributed by atoms with E-state index in [0.29, 0.717) is 13.1 Å². The van der Waals surface area contributed by atoms with Crippen molar-refractivity contribution in [3.05, 3.63) is 0 Å². The van der Waals surface area contributed by atoms with Crippen LogP contribution in [0, 0.1) is 11.3 Å². The van der Waals surface area contributed by atoms with E-state index in [1.807, 2.05) is 6.07 Å². The largest absolute Gasteiger partial charge is 0.279 e.